The van der Waals surface area contributed by atoms with Gasteiger partial charge in [-0.3, -0.25) is 24.4 Å². The molecule has 242 valence electrons. The molecule has 0 bridgehead atoms. The second-order valence-electron chi connectivity index (χ2n) is 10.7. The number of hydrogen-bond acceptors (Lipinski definition) is 8. The maximum atomic E-state index is 15.7. The molecule has 3 heterocycles. The van der Waals surface area contributed by atoms with Crippen LogP contribution >= 0.6 is 0 Å². The number of H-pyrrole nitrogens is 1. The number of aromatic amines is 1. The molecular weight excluding hydrogens is 610 g/mol. The summed E-state index contributed by atoms with van der Waals surface area (Å²) in [5.41, 5.74) is 0.108. The van der Waals surface area contributed by atoms with Crippen LogP contribution in [0, 0.1) is 11.6 Å². The Hall–Kier alpha value is -5.33. The van der Waals surface area contributed by atoms with Crippen molar-refractivity contribution in [3.63, 3.8) is 0 Å². The number of rotatable bonds is 11. The molecule has 0 aliphatic carbocycles. The van der Waals surface area contributed by atoms with Crippen molar-refractivity contribution >= 4 is 28.2 Å². The first kappa shape index (κ1) is 31.6. The summed E-state index contributed by atoms with van der Waals surface area (Å²) in [6.45, 7) is 4.70. The number of carbonyl (C=O) groups is 1. The average molecular weight is 643 g/mol. The summed E-state index contributed by atoms with van der Waals surface area (Å²) < 4.78 is 52.4. The van der Waals surface area contributed by atoms with E-state index in [0.29, 0.717) is 34.8 Å². The lowest BCUT2D eigenvalue weighted by Crippen LogP contribution is -2.37. The number of ether oxygens (including phenoxy) is 4. The van der Waals surface area contributed by atoms with Crippen molar-refractivity contribution in [3.05, 3.63) is 113 Å². The molecule has 47 heavy (non-hydrogen) atoms. The topological polar surface area (TPSA) is 106 Å². The molecule has 1 amide bonds. The first-order chi connectivity index (χ1) is 22.9. The number of morpholine rings is 1. The van der Waals surface area contributed by atoms with Gasteiger partial charge in [-0.15, -0.1) is 0 Å². The summed E-state index contributed by atoms with van der Waals surface area (Å²) in [6.07, 6.45) is 3.78. The lowest BCUT2D eigenvalue weighted by atomic mass is 10.1. The van der Waals surface area contributed by atoms with Gasteiger partial charge in [0.1, 0.15) is 17.1 Å². The van der Waals surface area contributed by atoms with Crippen LogP contribution in [0.2, 0.25) is 0 Å². The van der Waals surface area contributed by atoms with E-state index in [1.54, 1.807) is 24.4 Å². The van der Waals surface area contributed by atoms with Gasteiger partial charge in [0, 0.05) is 55.2 Å². The van der Waals surface area contributed by atoms with Gasteiger partial charge in [-0.2, -0.15) is 0 Å². The average Bonchev–Trinajstić information content (AvgIpc) is 3.09. The second-order valence-corrected chi connectivity index (χ2v) is 10.7. The van der Waals surface area contributed by atoms with Crippen LogP contribution in [0.25, 0.3) is 10.9 Å². The molecule has 1 fully saturated rings. The Morgan fingerprint density at radius 3 is 2.49 bits per heavy atom. The number of anilines is 2. The second kappa shape index (κ2) is 14.4. The van der Waals surface area contributed by atoms with Gasteiger partial charge in [0.2, 0.25) is 0 Å². The smallest absolute Gasteiger partial charge is 0.268 e. The third-order valence-corrected chi connectivity index (χ3v) is 7.70. The molecular formula is C35H32F2N4O6. The monoisotopic (exact) mass is 642 g/mol. The largest absolute Gasteiger partial charge is 0.493 e. The number of carbonyl (C=O) groups excluding carboxylic acids is 1. The Kier molecular flexibility index (Phi) is 9.69. The van der Waals surface area contributed by atoms with Crippen LogP contribution in [0.4, 0.5) is 20.2 Å². The number of hydrogen-bond donors (Lipinski definition) is 1. The van der Waals surface area contributed by atoms with Crippen LogP contribution < -0.4 is 24.7 Å². The number of methoxy groups -OCH3 is 1. The highest BCUT2D eigenvalue weighted by Crippen LogP contribution is 2.38. The molecule has 5 aromatic rings. The molecule has 1 saturated heterocycles. The molecule has 0 atom stereocenters. The summed E-state index contributed by atoms with van der Waals surface area (Å²) in [5.74, 6) is -0.808. The quantitative estimate of drug-likeness (QED) is 0.173. The first-order valence-electron chi connectivity index (χ1n) is 15.1. The summed E-state index contributed by atoms with van der Waals surface area (Å²) in [5, 5.41) is 0.569. The van der Waals surface area contributed by atoms with Crippen molar-refractivity contribution < 1.29 is 32.5 Å². The minimum atomic E-state index is -0.776. The fourth-order valence-corrected chi connectivity index (χ4v) is 5.30. The predicted octanol–water partition coefficient (Wildman–Crippen LogP) is 6.08. The number of pyridine rings is 2. The van der Waals surface area contributed by atoms with Crippen molar-refractivity contribution in [2.75, 3.05) is 51.5 Å². The lowest BCUT2D eigenvalue weighted by Gasteiger charge is -2.26. The van der Waals surface area contributed by atoms with Gasteiger partial charge in [-0.05, 0) is 67.1 Å². The molecule has 0 unspecified atom stereocenters. The van der Waals surface area contributed by atoms with Gasteiger partial charge in [0.15, 0.2) is 23.1 Å². The molecule has 2 aromatic heterocycles. The number of fused-ring (bicyclic) bond motifs is 1. The van der Waals surface area contributed by atoms with Crippen molar-refractivity contribution in [3.8, 4) is 23.0 Å². The number of amides is 1. The number of nitrogens with zero attached hydrogens (tertiary/aromatic N) is 3. The maximum absolute atomic E-state index is 15.7. The van der Waals surface area contributed by atoms with Crippen molar-refractivity contribution in [2.45, 2.75) is 6.42 Å². The Labute approximate surface area is 269 Å². The van der Waals surface area contributed by atoms with Gasteiger partial charge < -0.3 is 23.9 Å². The van der Waals surface area contributed by atoms with E-state index in [0.717, 1.165) is 50.2 Å². The Balaban J connectivity index is 1.24. The normalized spacial score (nSPS) is 13.3. The molecule has 10 nitrogen and oxygen atoms in total. The third kappa shape index (κ3) is 7.24. The van der Waals surface area contributed by atoms with Crippen LogP contribution in [0.5, 0.6) is 23.0 Å². The van der Waals surface area contributed by atoms with E-state index in [2.05, 4.69) is 14.9 Å². The minimum absolute atomic E-state index is 0.103. The zero-order chi connectivity index (χ0) is 32.8. The van der Waals surface area contributed by atoms with Crippen molar-refractivity contribution in [2.24, 2.45) is 0 Å². The van der Waals surface area contributed by atoms with Gasteiger partial charge in [-0.25, -0.2) is 8.78 Å². The molecule has 0 radical (unpaired) electrons. The van der Waals surface area contributed by atoms with Crippen molar-refractivity contribution in [1.82, 2.24) is 14.9 Å². The Morgan fingerprint density at radius 2 is 1.74 bits per heavy atom. The summed E-state index contributed by atoms with van der Waals surface area (Å²) in [4.78, 5) is 36.3. The van der Waals surface area contributed by atoms with E-state index in [9.17, 15) is 14.0 Å². The zero-order valence-corrected chi connectivity index (χ0v) is 25.6. The van der Waals surface area contributed by atoms with Crippen LogP contribution in [0.1, 0.15) is 16.8 Å². The fourth-order valence-electron chi connectivity index (χ4n) is 5.30. The third-order valence-electron chi connectivity index (χ3n) is 7.70. The highest BCUT2D eigenvalue weighted by atomic mass is 19.1. The van der Waals surface area contributed by atoms with Gasteiger partial charge in [0.25, 0.3) is 11.5 Å². The number of aromatic nitrogens is 2. The SMILES string of the molecule is COc1cc2c(Oc3ccc(N(C(=O)c4ccc[nH]c4=O)c4ccc(F)cc4)cc3F)ccnc2cc1OCCCN1CCOCC1. The number of benzene rings is 3. The molecule has 6 rings (SSSR count). The molecule has 0 spiro atoms. The van der Waals surface area contributed by atoms with Crippen molar-refractivity contribution in [1.29, 1.82) is 0 Å². The first-order valence-corrected chi connectivity index (χ1v) is 15.1. The fraction of sp³-hybridized carbons (Fsp3) is 0.229. The highest BCUT2D eigenvalue weighted by molar-refractivity contribution is 6.10. The van der Waals surface area contributed by atoms with Gasteiger partial charge in [-0.1, -0.05) is 0 Å². The summed E-state index contributed by atoms with van der Waals surface area (Å²) >= 11 is 0. The van der Waals surface area contributed by atoms with E-state index >= 15 is 4.39 Å². The Bertz CT molecular complexity index is 1930. The van der Waals surface area contributed by atoms with E-state index in [1.165, 1.54) is 61.8 Å². The van der Waals surface area contributed by atoms with E-state index in [1.807, 2.05) is 0 Å². The van der Waals surface area contributed by atoms with Crippen LogP contribution in [-0.4, -0.2) is 67.3 Å². The lowest BCUT2D eigenvalue weighted by molar-refractivity contribution is 0.0357. The maximum Gasteiger partial charge on any atom is 0.268 e. The number of halogens is 2. The van der Waals surface area contributed by atoms with Gasteiger partial charge in [0.05, 0.1) is 38.1 Å². The zero-order valence-electron chi connectivity index (χ0n) is 25.6. The molecule has 12 heteroatoms. The molecule has 1 N–H and O–H groups in total. The van der Waals surface area contributed by atoms with Crippen LogP contribution in [-0.2, 0) is 4.74 Å². The minimum Gasteiger partial charge on any atom is -0.493 e. The highest BCUT2D eigenvalue weighted by Gasteiger charge is 2.24. The van der Waals surface area contributed by atoms with E-state index in [-0.39, 0.29) is 22.7 Å². The molecule has 1 aliphatic heterocycles. The summed E-state index contributed by atoms with van der Waals surface area (Å²) in [6, 6.07) is 17.0. The predicted molar refractivity (Wildman–Crippen MR) is 172 cm³/mol. The van der Waals surface area contributed by atoms with E-state index < -0.39 is 23.1 Å². The van der Waals surface area contributed by atoms with E-state index in [4.69, 9.17) is 18.9 Å². The summed E-state index contributed by atoms with van der Waals surface area (Å²) in [7, 11) is 1.54. The van der Waals surface area contributed by atoms with Crippen LogP contribution in [0.15, 0.2) is 90.0 Å². The standard InChI is InChI=1S/C35H32F2N4O6/c1-44-32-21-27-29(22-33(32)46-17-3-14-40-15-18-45-19-16-40)38-13-11-30(27)47-31-10-9-25(20-28(31)37)41(24-7-5-23(36)6-8-24)35(43)26-4-2-12-39-34(26)42/h2,4-13,20-22H,3,14-19H2,1H3,(H,39,42). The number of nitrogens with one attached hydrogen (secondary N) is 1. The van der Waals surface area contributed by atoms with Crippen LogP contribution in [0.3, 0.4) is 0 Å². The molecule has 3 aromatic carbocycles. The molecule has 1 aliphatic rings. The molecule has 0 saturated carbocycles. The van der Waals surface area contributed by atoms with Gasteiger partial charge >= 0.3 is 0 Å². The Morgan fingerprint density at radius 1 is 0.957 bits per heavy atom.